The summed E-state index contributed by atoms with van der Waals surface area (Å²) in [6, 6.07) is 7.19. The number of pyridine rings is 1. The molecule has 1 aliphatic rings. The number of nitrogens with zero attached hydrogens (tertiary/aromatic N) is 1. The standard InChI is InChI=1S/C17H21FN2O/c1-11-9-14(12-5-3-6-13(18)16(12)19-11)20-15-7-4-8-17(15,2)10-21/h3,5-6,9,15,21H,4,7-8,10H2,1-2H3,(H,19,20). The molecule has 2 unspecified atom stereocenters. The number of aliphatic hydroxyl groups is 1. The SMILES string of the molecule is Cc1cc(NC2CCCC2(C)CO)c2cccc(F)c2n1. The summed E-state index contributed by atoms with van der Waals surface area (Å²) in [6.45, 7) is 4.15. The lowest BCUT2D eigenvalue weighted by atomic mass is 9.85. The molecule has 1 fully saturated rings. The number of para-hydroxylation sites is 1. The third-order valence-electron chi connectivity index (χ3n) is 4.69. The van der Waals surface area contributed by atoms with Crippen molar-refractivity contribution in [2.24, 2.45) is 5.41 Å². The third kappa shape index (κ3) is 2.48. The second-order valence-electron chi connectivity index (χ2n) is 6.35. The Labute approximate surface area is 124 Å². The Bertz CT molecular complexity index is 673. The Morgan fingerprint density at radius 2 is 2.29 bits per heavy atom. The first-order valence-corrected chi connectivity index (χ1v) is 7.47. The summed E-state index contributed by atoms with van der Waals surface area (Å²) in [5.41, 5.74) is 1.99. The van der Waals surface area contributed by atoms with Crippen LogP contribution in [0.25, 0.3) is 10.9 Å². The average Bonchev–Trinajstić information content (AvgIpc) is 2.82. The fourth-order valence-electron chi connectivity index (χ4n) is 3.32. The minimum absolute atomic E-state index is 0.114. The van der Waals surface area contributed by atoms with Gasteiger partial charge in [-0.1, -0.05) is 25.5 Å². The first-order chi connectivity index (χ1) is 10.0. The predicted molar refractivity (Wildman–Crippen MR) is 82.9 cm³/mol. The van der Waals surface area contributed by atoms with Crippen LogP contribution in [0.15, 0.2) is 24.3 Å². The van der Waals surface area contributed by atoms with E-state index < -0.39 is 0 Å². The van der Waals surface area contributed by atoms with E-state index in [9.17, 15) is 9.50 Å². The molecule has 3 rings (SSSR count). The number of halogens is 1. The van der Waals surface area contributed by atoms with Crippen LogP contribution in [-0.4, -0.2) is 22.7 Å². The predicted octanol–water partition coefficient (Wildman–Crippen LogP) is 3.65. The van der Waals surface area contributed by atoms with Crippen molar-refractivity contribution in [2.75, 3.05) is 11.9 Å². The van der Waals surface area contributed by atoms with Gasteiger partial charge in [0.05, 0.1) is 6.61 Å². The van der Waals surface area contributed by atoms with Crippen LogP contribution in [0.5, 0.6) is 0 Å². The van der Waals surface area contributed by atoms with Crippen molar-refractivity contribution in [3.8, 4) is 0 Å². The van der Waals surface area contributed by atoms with Gasteiger partial charge in [-0.25, -0.2) is 9.37 Å². The number of hydrogen-bond acceptors (Lipinski definition) is 3. The quantitative estimate of drug-likeness (QED) is 0.906. The van der Waals surface area contributed by atoms with Gasteiger partial charge in [0.2, 0.25) is 0 Å². The molecular weight excluding hydrogens is 267 g/mol. The molecule has 21 heavy (non-hydrogen) atoms. The van der Waals surface area contributed by atoms with Gasteiger partial charge in [0, 0.05) is 28.2 Å². The van der Waals surface area contributed by atoms with E-state index in [4.69, 9.17) is 0 Å². The highest BCUT2D eigenvalue weighted by molar-refractivity contribution is 5.92. The van der Waals surface area contributed by atoms with E-state index >= 15 is 0 Å². The number of anilines is 1. The summed E-state index contributed by atoms with van der Waals surface area (Å²) in [6.07, 6.45) is 3.14. The third-order valence-corrected chi connectivity index (χ3v) is 4.69. The monoisotopic (exact) mass is 288 g/mol. The lowest BCUT2D eigenvalue weighted by Gasteiger charge is -2.31. The maximum Gasteiger partial charge on any atom is 0.149 e. The van der Waals surface area contributed by atoms with Gasteiger partial charge in [0.1, 0.15) is 11.3 Å². The Hall–Kier alpha value is -1.68. The molecule has 0 bridgehead atoms. The van der Waals surface area contributed by atoms with Crippen LogP contribution in [0, 0.1) is 18.2 Å². The Morgan fingerprint density at radius 3 is 3.05 bits per heavy atom. The second kappa shape index (κ2) is 5.26. The van der Waals surface area contributed by atoms with Crippen LogP contribution >= 0.6 is 0 Å². The number of aryl methyl sites for hydroxylation is 1. The minimum atomic E-state index is -0.296. The van der Waals surface area contributed by atoms with E-state index in [0.717, 1.165) is 36.0 Å². The number of nitrogens with one attached hydrogen (secondary N) is 1. The summed E-state index contributed by atoms with van der Waals surface area (Å²) < 4.78 is 13.9. The van der Waals surface area contributed by atoms with Gasteiger partial charge >= 0.3 is 0 Å². The Morgan fingerprint density at radius 1 is 1.48 bits per heavy atom. The molecule has 1 aromatic heterocycles. The summed E-state index contributed by atoms with van der Waals surface area (Å²) >= 11 is 0. The molecule has 0 aliphatic heterocycles. The van der Waals surface area contributed by atoms with Crippen molar-refractivity contribution < 1.29 is 9.50 Å². The highest BCUT2D eigenvalue weighted by atomic mass is 19.1. The van der Waals surface area contributed by atoms with Crippen LogP contribution in [0.4, 0.5) is 10.1 Å². The molecule has 3 nitrogen and oxygen atoms in total. The van der Waals surface area contributed by atoms with E-state index in [1.807, 2.05) is 19.1 Å². The molecule has 0 radical (unpaired) electrons. The van der Waals surface area contributed by atoms with Crippen LogP contribution in [0.3, 0.4) is 0 Å². The maximum atomic E-state index is 13.9. The number of rotatable bonds is 3. The van der Waals surface area contributed by atoms with E-state index in [0.29, 0.717) is 5.52 Å². The number of hydrogen-bond donors (Lipinski definition) is 2. The molecule has 1 aromatic carbocycles. The van der Waals surface area contributed by atoms with Crippen molar-refractivity contribution >= 4 is 16.6 Å². The smallest absolute Gasteiger partial charge is 0.149 e. The molecule has 0 spiro atoms. The normalized spacial score (nSPS) is 25.4. The summed E-state index contributed by atoms with van der Waals surface area (Å²) in [5.74, 6) is -0.296. The van der Waals surface area contributed by atoms with E-state index in [1.54, 1.807) is 6.07 Å². The van der Waals surface area contributed by atoms with E-state index in [2.05, 4.69) is 17.2 Å². The first-order valence-electron chi connectivity index (χ1n) is 7.47. The average molecular weight is 288 g/mol. The van der Waals surface area contributed by atoms with Crippen molar-refractivity contribution in [2.45, 2.75) is 39.2 Å². The van der Waals surface area contributed by atoms with Crippen molar-refractivity contribution in [1.82, 2.24) is 4.98 Å². The second-order valence-corrected chi connectivity index (χ2v) is 6.35. The molecule has 2 N–H and O–H groups in total. The van der Waals surface area contributed by atoms with Gasteiger partial charge in [0.15, 0.2) is 0 Å². The van der Waals surface area contributed by atoms with Gasteiger partial charge in [0.25, 0.3) is 0 Å². The van der Waals surface area contributed by atoms with Gasteiger partial charge in [-0.15, -0.1) is 0 Å². The van der Waals surface area contributed by atoms with Gasteiger partial charge in [-0.05, 0) is 31.9 Å². The van der Waals surface area contributed by atoms with Gasteiger partial charge in [-0.2, -0.15) is 0 Å². The van der Waals surface area contributed by atoms with Crippen LogP contribution in [0.2, 0.25) is 0 Å². The zero-order valence-corrected chi connectivity index (χ0v) is 12.5. The number of fused-ring (bicyclic) bond motifs is 1. The number of aromatic nitrogens is 1. The molecule has 2 atom stereocenters. The maximum absolute atomic E-state index is 13.9. The van der Waals surface area contributed by atoms with Crippen LogP contribution in [0.1, 0.15) is 31.9 Å². The molecule has 112 valence electrons. The first kappa shape index (κ1) is 14.3. The fourth-order valence-corrected chi connectivity index (χ4v) is 3.32. The number of benzene rings is 1. The summed E-state index contributed by atoms with van der Waals surface area (Å²) in [5, 5.41) is 14.0. The van der Waals surface area contributed by atoms with Gasteiger partial charge in [-0.3, -0.25) is 0 Å². The van der Waals surface area contributed by atoms with E-state index in [-0.39, 0.29) is 23.9 Å². The molecule has 1 heterocycles. The molecule has 2 aromatic rings. The Balaban J connectivity index is 2.03. The topological polar surface area (TPSA) is 45.1 Å². The zero-order chi connectivity index (χ0) is 15.0. The van der Waals surface area contributed by atoms with Crippen molar-refractivity contribution in [3.05, 3.63) is 35.8 Å². The zero-order valence-electron chi connectivity index (χ0n) is 12.5. The van der Waals surface area contributed by atoms with Crippen LogP contribution < -0.4 is 5.32 Å². The minimum Gasteiger partial charge on any atom is -0.396 e. The molecule has 4 heteroatoms. The lowest BCUT2D eigenvalue weighted by molar-refractivity contribution is 0.139. The molecular formula is C17H21FN2O. The highest BCUT2D eigenvalue weighted by Gasteiger charge is 2.38. The number of aliphatic hydroxyl groups excluding tert-OH is 1. The summed E-state index contributed by atoms with van der Waals surface area (Å²) in [7, 11) is 0. The van der Waals surface area contributed by atoms with Crippen LogP contribution in [-0.2, 0) is 0 Å². The van der Waals surface area contributed by atoms with Crippen molar-refractivity contribution in [3.63, 3.8) is 0 Å². The molecule has 1 aliphatic carbocycles. The van der Waals surface area contributed by atoms with E-state index in [1.165, 1.54) is 6.07 Å². The highest BCUT2D eigenvalue weighted by Crippen LogP contribution is 2.40. The summed E-state index contributed by atoms with van der Waals surface area (Å²) in [4.78, 5) is 4.30. The molecule has 0 saturated heterocycles. The lowest BCUT2D eigenvalue weighted by Crippen LogP contribution is -2.36. The van der Waals surface area contributed by atoms with Crippen molar-refractivity contribution in [1.29, 1.82) is 0 Å². The largest absolute Gasteiger partial charge is 0.396 e. The van der Waals surface area contributed by atoms with Gasteiger partial charge < -0.3 is 10.4 Å². The fraction of sp³-hybridized carbons (Fsp3) is 0.471. The molecule has 1 saturated carbocycles. The Kier molecular flexibility index (Phi) is 3.57. The molecule has 0 amide bonds.